The van der Waals surface area contributed by atoms with Gasteiger partial charge in [0.05, 0.1) is 11.4 Å². The normalized spacial score (nSPS) is 11.0. The lowest BCUT2D eigenvalue weighted by Crippen LogP contribution is -2.33. The number of hydrazone groups is 1. The van der Waals surface area contributed by atoms with E-state index >= 15 is 0 Å². The Morgan fingerprint density at radius 2 is 2.38 bits per heavy atom. The van der Waals surface area contributed by atoms with Crippen LogP contribution in [0.2, 0.25) is 0 Å². The molecule has 1 heterocycles. The first-order valence-corrected chi connectivity index (χ1v) is 3.63. The van der Waals surface area contributed by atoms with E-state index in [0.717, 1.165) is 0 Å². The molecule has 0 spiro atoms. The quantitative estimate of drug-likeness (QED) is 0.500. The van der Waals surface area contributed by atoms with Crippen LogP contribution in [0.15, 0.2) is 29.5 Å². The van der Waals surface area contributed by atoms with Gasteiger partial charge in [0.25, 0.3) is 0 Å². The van der Waals surface area contributed by atoms with Crippen molar-refractivity contribution in [1.82, 2.24) is 10.4 Å². The molecule has 0 fully saturated rings. The van der Waals surface area contributed by atoms with Crippen molar-refractivity contribution >= 4 is 11.8 Å². The number of pyridine rings is 1. The lowest BCUT2D eigenvalue weighted by Gasteiger charge is -2.01. The maximum Gasteiger partial charge on any atom is 0.155 e. The van der Waals surface area contributed by atoms with Crippen molar-refractivity contribution in [2.75, 3.05) is 0 Å². The molecule has 5 heteroatoms. The van der Waals surface area contributed by atoms with Crippen molar-refractivity contribution in [2.45, 2.75) is 6.92 Å². The molecule has 1 rings (SSSR count). The minimum absolute atomic E-state index is 0.491. The Morgan fingerprint density at radius 3 is 2.92 bits per heavy atom. The molecule has 1 aromatic heterocycles. The summed E-state index contributed by atoms with van der Waals surface area (Å²) in [5.74, 6) is 0. The molecule has 13 heavy (non-hydrogen) atoms. The number of carbonyl (C=O) groups excluding carboxylic acids is 1. The van der Waals surface area contributed by atoms with Crippen molar-refractivity contribution in [1.29, 1.82) is 0 Å². The third-order valence-corrected chi connectivity index (χ3v) is 1.35. The fourth-order valence-electron chi connectivity index (χ4n) is 0.764. The third kappa shape index (κ3) is 2.90. The van der Waals surface area contributed by atoms with E-state index in [1.54, 1.807) is 36.7 Å². The van der Waals surface area contributed by atoms with Crippen molar-refractivity contribution < 1.29 is 9.90 Å². The number of amides is 1. The zero-order chi connectivity index (χ0) is 9.68. The molecule has 0 atom stereocenters. The lowest BCUT2D eigenvalue weighted by molar-refractivity contribution is -0.250. The first-order valence-electron chi connectivity index (χ1n) is 3.63. The fourth-order valence-corrected chi connectivity index (χ4v) is 0.764. The van der Waals surface area contributed by atoms with E-state index in [4.69, 9.17) is 0 Å². The Morgan fingerprint density at radius 1 is 1.62 bits per heavy atom. The average Bonchev–Trinajstić information content (AvgIpc) is 2.15. The molecule has 68 valence electrons. The van der Waals surface area contributed by atoms with Gasteiger partial charge >= 0.3 is 0 Å². The number of hydrogen-bond donors (Lipinski definition) is 1. The van der Waals surface area contributed by atoms with Crippen LogP contribution in [-0.2, 0) is 0 Å². The smallest absolute Gasteiger partial charge is 0.155 e. The van der Waals surface area contributed by atoms with Gasteiger partial charge in [0.15, 0.2) is 6.09 Å². The van der Waals surface area contributed by atoms with E-state index < -0.39 is 6.09 Å². The molecule has 1 amide bonds. The van der Waals surface area contributed by atoms with E-state index in [0.29, 0.717) is 11.4 Å². The van der Waals surface area contributed by atoms with Gasteiger partial charge in [-0.25, -0.2) is 0 Å². The molecule has 0 saturated heterocycles. The molecule has 0 aliphatic rings. The van der Waals surface area contributed by atoms with Crippen LogP contribution >= 0.6 is 0 Å². The van der Waals surface area contributed by atoms with Gasteiger partial charge in [-0.15, -0.1) is 0 Å². The van der Waals surface area contributed by atoms with Gasteiger partial charge in [0.2, 0.25) is 0 Å². The number of nitrogens with one attached hydrogen (secondary N) is 1. The maximum absolute atomic E-state index is 9.99. The van der Waals surface area contributed by atoms with Crippen LogP contribution in [-0.4, -0.2) is 16.8 Å². The summed E-state index contributed by atoms with van der Waals surface area (Å²) in [4.78, 5) is 14.0. The van der Waals surface area contributed by atoms with Gasteiger partial charge in [0, 0.05) is 6.20 Å². The predicted octanol–water partition coefficient (Wildman–Crippen LogP) is -0.262. The second-order valence-corrected chi connectivity index (χ2v) is 2.31. The Labute approximate surface area is 75.1 Å². The van der Waals surface area contributed by atoms with Gasteiger partial charge in [-0.3, -0.25) is 10.4 Å². The highest BCUT2D eigenvalue weighted by Gasteiger charge is 1.95. The van der Waals surface area contributed by atoms with Gasteiger partial charge < -0.3 is 9.90 Å². The highest BCUT2D eigenvalue weighted by molar-refractivity contribution is 5.97. The molecule has 0 unspecified atom stereocenters. The summed E-state index contributed by atoms with van der Waals surface area (Å²) >= 11 is 0. The summed E-state index contributed by atoms with van der Waals surface area (Å²) in [6.45, 7) is 1.65. The van der Waals surface area contributed by atoms with Gasteiger partial charge in [0.1, 0.15) is 0 Å². The summed E-state index contributed by atoms with van der Waals surface area (Å²) in [6, 6.07) is 5.29. The van der Waals surface area contributed by atoms with Crippen LogP contribution in [0.4, 0.5) is 4.79 Å². The number of rotatable bonds is 2. The van der Waals surface area contributed by atoms with Crippen molar-refractivity contribution in [2.24, 2.45) is 5.10 Å². The van der Waals surface area contributed by atoms with E-state index in [2.05, 4.69) is 10.1 Å². The van der Waals surface area contributed by atoms with Crippen LogP contribution in [0.3, 0.4) is 0 Å². The Bertz CT molecular complexity index is 321. The number of hydrogen-bond acceptors (Lipinski definition) is 4. The second-order valence-electron chi connectivity index (χ2n) is 2.31. The molecule has 0 bridgehead atoms. The second kappa shape index (κ2) is 4.20. The van der Waals surface area contributed by atoms with Crippen molar-refractivity contribution in [3.8, 4) is 0 Å². The highest BCUT2D eigenvalue weighted by atomic mass is 16.4. The maximum atomic E-state index is 9.99. The van der Waals surface area contributed by atoms with Crippen molar-refractivity contribution in [3.05, 3.63) is 30.1 Å². The number of carboxylic acid groups (broad SMARTS) is 1. The van der Waals surface area contributed by atoms with E-state index in [9.17, 15) is 9.90 Å². The monoisotopic (exact) mass is 178 g/mol. The molecule has 0 aliphatic carbocycles. The topological polar surface area (TPSA) is 77.4 Å². The van der Waals surface area contributed by atoms with Crippen LogP contribution in [0.1, 0.15) is 12.6 Å². The van der Waals surface area contributed by atoms with Gasteiger partial charge in [-0.1, -0.05) is 6.07 Å². The zero-order valence-electron chi connectivity index (χ0n) is 7.02. The number of aromatic nitrogens is 1. The minimum atomic E-state index is -1.43. The third-order valence-electron chi connectivity index (χ3n) is 1.35. The van der Waals surface area contributed by atoms with Crippen LogP contribution in [0.25, 0.3) is 0 Å². The van der Waals surface area contributed by atoms with Crippen LogP contribution < -0.4 is 10.5 Å². The SMILES string of the molecule is C/C(=N/NC(=O)[O-])c1ccccn1. The van der Waals surface area contributed by atoms with E-state index in [-0.39, 0.29) is 0 Å². The molecule has 0 aliphatic heterocycles. The minimum Gasteiger partial charge on any atom is -0.529 e. The van der Waals surface area contributed by atoms with Gasteiger partial charge in [-0.05, 0) is 19.1 Å². The van der Waals surface area contributed by atoms with Crippen molar-refractivity contribution in [3.63, 3.8) is 0 Å². The number of carbonyl (C=O) groups is 1. The predicted molar refractivity (Wildman–Crippen MR) is 45.0 cm³/mol. The lowest BCUT2D eigenvalue weighted by atomic mass is 10.3. The summed E-state index contributed by atoms with van der Waals surface area (Å²) in [5, 5.41) is 13.5. The molecule has 0 saturated carbocycles. The Hall–Kier alpha value is -1.91. The van der Waals surface area contributed by atoms with E-state index in [1.165, 1.54) is 0 Å². The Kier molecular flexibility index (Phi) is 2.97. The summed E-state index contributed by atoms with van der Waals surface area (Å²) in [7, 11) is 0. The summed E-state index contributed by atoms with van der Waals surface area (Å²) in [6.07, 6.45) is 0.170. The molecule has 1 N–H and O–H groups in total. The zero-order valence-corrected chi connectivity index (χ0v) is 7.02. The van der Waals surface area contributed by atoms with E-state index in [1.807, 2.05) is 0 Å². The summed E-state index contributed by atoms with van der Waals surface area (Å²) < 4.78 is 0. The molecule has 0 aromatic carbocycles. The van der Waals surface area contributed by atoms with Crippen LogP contribution in [0.5, 0.6) is 0 Å². The summed E-state index contributed by atoms with van der Waals surface area (Å²) in [5.41, 5.74) is 2.91. The molecule has 5 nitrogen and oxygen atoms in total. The fraction of sp³-hybridized carbons (Fsp3) is 0.125. The van der Waals surface area contributed by atoms with Crippen LogP contribution in [0, 0.1) is 0 Å². The highest BCUT2D eigenvalue weighted by Crippen LogP contribution is 1.94. The number of nitrogens with zero attached hydrogens (tertiary/aromatic N) is 2. The molecule has 0 radical (unpaired) electrons. The van der Waals surface area contributed by atoms with Gasteiger partial charge in [-0.2, -0.15) is 5.10 Å². The molecular weight excluding hydrogens is 170 g/mol. The standard InChI is InChI=1S/C8H9N3O2/c1-6(10-11-8(12)13)7-4-2-3-5-9-7/h2-5,11H,1H3,(H,12,13)/p-1/b10-6-. The molecule has 1 aromatic rings. The first-order chi connectivity index (χ1) is 6.20. The molecular formula is C8H8N3O2-. The first kappa shape index (κ1) is 9.18. The largest absolute Gasteiger partial charge is 0.529 e. The average molecular weight is 178 g/mol. The Balaban J connectivity index is 2.73.